The molecule has 1 N–H and O–H groups in total. The van der Waals surface area contributed by atoms with Gasteiger partial charge in [-0.15, -0.1) is 11.3 Å². The van der Waals surface area contributed by atoms with Crippen LogP contribution in [0.15, 0.2) is 24.3 Å². The molecule has 0 saturated heterocycles. The predicted molar refractivity (Wildman–Crippen MR) is 110 cm³/mol. The highest BCUT2D eigenvalue weighted by Crippen LogP contribution is 2.44. The third-order valence-corrected chi connectivity index (χ3v) is 6.60. The molecule has 1 atom stereocenters. The number of nitrogens with one attached hydrogen (secondary N) is 1. The first kappa shape index (κ1) is 19.9. The van der Waals surface area contributed by atoms with Gasteiger partial charge in [0.05, 0.1) is 12.7 Å². The lowest BCUT2D eigenvalue weighted by atomic mass is 9.72. The number of hydrogen-bond acceptors (Lipinski definition) is 4. The zero-order valence-electron chi connectivity index (χ0n) is 16.0. The Labute approximate surface area is 168 Å². The molecule has 0 spiro atoms. The fourth-order valence-corrected chi connectivity index (χ4v) is 5.04. The van der Waals surface area contributed by atoms with Crippen molar-refractivity contribution < 1.29 is 14.3 Å². The number of anilines is 1. The van der Waals surface area contributed by atoms with Crippen LogP contribution >= 0.6 is 22.9 Å². The fraction of sp³-hybridized carbons (Fsp3) is 0.429. The summed E-state index contributed by atoms with van der Waals surface area (Å²) in [4.78, 5) is 26.3. The van der Waals surface area contributed by atoms with Crippen LogP contribution in [0.1, 0.15) is 58.3 Å². The lowest BCUT2D eigenvalue weighted by molar-refractivity contribution is 0.0600. The van der Waals surface area contributed by atoms with Gasteiger partial charge in [-0.25, -0.2) is 4.79 Å². The molecule has 1 amide bonds. The van der Waals surface area contributed by atoms with Gasteiger partial charge in [0.2, 0.25) is 0 Å². The molecule has 1 aliphatic rings. The molecule has 2 aromatic rings. The van der Waals surface area contributed by atoms with E-state index in [1.807, 2.05) is 0 Å². The molecule has 0 fully saturated rings. The number of halogens is 1. The molecular formula is C21H24ClNO3S. The number of thiophene rings is 1. The van der Waals surface area contributed by atoms with Gasteiger partial charge in [0.15, 0.2) is 0 Å². The van der Waals surface area contributed by atoms with Crippen molar-refractivity contribution in [3.05, 3.63) is 50.9 Å². The Balaban J connectivity index is 1.94. The zero-order chi connectivity index (χ0) is 19.8. The number of carbonyl (C=O) groups is 2. The number of amides is 1. The molecule has 1 unspecified atom stereocenters. The average Bonchev–Trinajstić information content (AvgIpc) is 2.97. The summed E-state index contributed by atoms with van der Waals surface area (Å²) in [5.74, 6) is -0.137. The number of ether oxygens (including phenoxy) is 1. The van der Waals surface area contributed by atoms with E-state index in [1.165, 1.54) is 23.3 Å². The maximum atomic E-state index is 12.7. The Morgan fingerprint density at radius 2 is 2.04 bits per heavy atom. The zero-order valence-corrected chi connectivity index (χ0v) is 17.6. The Morgan fingerprint density at radius 3 is 2.67 bits per heavy atom. The fourth-order valence-electron chi connectivity index (χ4n) is 3.54. The first-order valence-corrected chi connectivity index (χ1v) is 10.2. The van der Waals surface area contributed by atoms with Crippen LogP contribution < -0.4 is 5.32 Å². The number of fused-ring (bicyclic) bond motifs is 1. The molecule has 0 radical (unpaired) electrons. The van der Waals surface area contributed by atoms with Crippen molar-refractivity contribution in [2.24, 2.45) is 11.3 Å². The van der Waals surface area contributed by atoms with Crippen LogP contribution in [0.5, 0.6) is 0 Å². The summed E-state index contributed by atoms with van der Waals surface area (Å²) < 4.78 is 5.00. The van der Waals surface area contributed by atoms with Gasteiger partial charge in [0, 0.05) is 15.5 Å². The predicted octanol–water partition coefficient (Wildman–Crippen LogP) is 5.59. The molecular weight excluding hydrogens is 382 g/mol. The van der Waals surface area contributed by atoms with Gasteiger partial charge < -0.3 is 10.1 Å². The van der Waals surface area contributed by atoms with Gasteiger partial charge in [0.25, 0.3) is 5.91 Å². The molecule has 1 aromatic carbocycles. The van der Waals surface area contributed by atoms with E-state index in [-0.39, 0.29) is 11.3 Å². The van der Waals surface area contributed by atoms with Crippen molar-refractivity contribution in [1.82, 2.24) is 0 Å². The summed E-state index contributed by atoms with van der Waals surface area (Å²) in [6, 6.07) is 6.75. The third kappa shape index (κ3) is 4.19. The summed E-state index contributed by atoms with van der Waals surface area (Å²) in [6.07, 6.45) is 2.77. The molecule has 144 valence electrons. The van der Waals surface area contributed by atoms with Gasteiger partial charge in [-0.3, -0.25) is 4.79 Å². The molecule has 3 rings (SSSR count). The highest BCUT2D eigenvalue weighted by molar-refractivity contribution is 7.17. The van der Waals surface area contributed by atoms with Crippen molar-refractivity contribution in [2.45, 2.75) is 40.0 Å². The Morgan fingerprint density at radius 1 is 1.30 bits per heavy atom. The molecule has 0 saturated carbocycles. The molecule has 1 aromatic heterocycles. The number of esters is 1. The summed E-state index contributed by atoms with van der Waals surface area (Å²) in [6.45, 7) is 6.75. The van der Waals surface area contributed by atoms with E-state index in [0.717, 1.165) is 24.8 Å². The van der Waals surface area contributed by atoms with Crippen LogP contribution in [0, 0.1) is 11.3 Å². The lowest BCUT2D eigenvalue weighted by Crippen LogP contribution is -2.26. The maximum Gasteiger partial charge on any atom is 0.341 e. The van der Waals surface area contributed by atoms with E-state index in [1.54, 1.807) is 24.3 Å². The van der Waals surface area contributed by atoms with Crippen LogP contribution in [0.2, 0.25) is 5.02 Å². The van der Waals surface area contributed by atoms with Crippen LogP contribution in [0.4, 0.5) is 5.00 Å². The van der Waals surface area contributed by atoms with E-state index in [2.05, 4.69) is 26.1 Å². The van der Waals surface area contributed by atoms with Gasteiger partial charge in [0.1, 0.15) is 5.00 Å². The van der Waals surface area contributed by atoms with Crippen molar-refractivity contribution in [3.8, 4) is 0 Å². The topological polar surface area (TPSA) is 55.4 Å². The summed E-state index contributed by atoms with van der Waals surface area (Å²) >= 11 is 7.47. The molecule has 0 bridgehead atoms. The van der Waals surface area contributed by atoms with E-state index in [9.17, 15) is 9.59 Å². The minimum absolute atomic E-state index is 0.206. The Bertz CT molecular complexity index is 882. The van der Waals surface area contributed by atoms with Gasteiger partial charge in [-0.1, -0.05) is 38.4 Å². The smallest absolute Gasteiger partial charge is 0.341 e. The monoisotopic (exact) mass is 405 g/mol. The molecule has 4 nitrogen and oxygen atoms in total. The SMILES string of the molecule is COC(=O)c1c(NC(=O)c2cccc(Cl)c2)sc2c1CCC(C(C)(C)C)C2. The third-order valence-electron chi connectivity index (χ3n) is 5.19. The number of rotatable bonds is 3. The second kappa shape index (κ2) is 7.64. The van der Waals surface area contributed by atoms with Crippen LogP contribution in [0.25, 0.3) is 0 Å². The Hall–Kier alpha value is -1.85. The molecule has 6 heteroatoms. The van der Waals surface area contributed by atoms with Gasteiger partial charge >= 0.3 is 5.97 Å². The van der Waals surface area contributed by atoms with Crippen LogP contribution in [-0.2, 0) is 17.6 Å². The maximum absolute atomic E-state index is 12.7. The van der Waals surface area contributed by atoms with Gasteiger partial charge in [-0.05, 0) is 54.4 Å². The van der Waals surface area contributed by atoms with Crippen molar-refractivity contribution in [3.63, 3.8) is 0 Å². The largest absolute Gasteiger partial charge is 0.465 e. The number of methoxy groups -OCH3 is 1. The minimum atomic E-state index is -0.400. The Kier molecular flexibility index (Phi) is 5.63. The van der Waals surface area contributed by atoms with Crippen LogP contribution in [-0.4, -0.2) is 19.0 Å². The van der Waals surface area contributed by atoms with Crippen molar-refractivity contribution >= 4 is 39.8 Å². The van der Waals surface area contributed by atoms with Crippen molar-refractivity contribution in [2.75, 3.05) is 12.4 Å². The molecule has 0 aliphatic heterocycles. The van der Waals surface area contributed by atoms with Crippen molar-refractivity contribution in [1.29, 1.82) is 0 Å². The second-order valence-corrected chi connectivity index (χ2v) is 9.51. The van der Waals surface area contributed by atoms with E-state index < -0.39 is 5.97 Å². The highest BCUT2D eigenvalue weighted by atomic mass is 35.5. The highest BCUT2D eigenvalue weighted by Gasteiger charge is 2.34. The number of benzene rings is 1. The van der Waals surface area contributed by atoms with Crippen LogP contribution in [0.3, 0.4) is 0 Å². The van der Waals surface area contributed by atoms with E-state index in [0.29, 0.717) is 27.1 Å². The normalized spacial score (nSPS) is 16.6. The summed E-state index contributed by atoms with van der Waals surface area (Å²) in [5.41, 5.74) is 2.18. The summed E-state index contributed by atoms with van der Waals surface area (Å²) in [5, 5.41) is 3.96. The molecule has 27 heavy (non-hydrogen) atoms. The lowest BCUT2D eigenvalue weighted by Gasteiger charge is -2.33. The average molecular weight is 406 g/mol. The van der Waals surface area contributed by atoms with Gasteiger partial charge in [-0.2, -0.15) is 0 Å². The van der Waals surface area contributed by atoms with E-state index >= 15 is 0 Å². The minimum Gasteiger partial charge on any atom is -0.465 e. The number of carbonyl (C=O) groups excluding carboxylic acids is 2. The summed E-state index contributed by atoms with van der Waals surface area (Å²) in [7, 11) is 1.37. The number of hydrogen-bond donors (Lipinski definition) is 1. The van der Waals surface area contributed by atoms with E-state index in [4.69, 9.17) is 16.3 Å². The first-order valence-electron chi connectivity index (χ1n) is 9.00. The quantitative estimate of drug-likeness (QED) is 0.677. The second-order valence-electron chi connectivity index (χ2n) is 7.97. The standard InChI is InChI=1S/C21H24ClNO3S/c1-21(2,3)13-8-9-15-16(11-13)27-19(17(15)20(25)26-4)23-18(24)12-6-5-7-14(22)10-12/h5-7,10,13H,8-9,11H2,1-4H3,(H,23,24). The molecule has 1 aliphatic carbocycles. The first-order chi connectivity index (χ1) is 12.7. The molecule has 1 heterocycles.